The summed E-state index contributed by atoms with van der Waals surface area (Å²) in [5.41, 5.74) is 1.66. The van der Waals surface area contributed by atoms with Crippen LogP contribution in [0.3, 0.4) is 0 Å². The molecule has 1 aromatic carbocycles. The summed E-state index contributed by atoms with van der Waals surface area (Å²) in [6.45, 7) is 3.30. The van der Waals surface area contributed by atoms with Crippen LogP contribution >= 0.6 is 0 Å². The van der Waals surface area contributed by atoms with Gasteiger partial charge in [0.15, 0.2) is 0 Å². The normalized spacial score (nSPS) is 15.7. The van der Waals surface area contributed by atoms with Gasteiger partial charge in [0, 0.05) is 18.8 Å². The lowest BCUT2D eigenvalue weighted by atomic mass is 10.2. The van der Waals surface area contributed by atoms with E-state index >= 15 is 0 Å². The molecule has 0 bridgehead atoms. The molecule has 102 valence electrons. The van der Waals surface area contributed by atoms with Gasteiger partial charge in [-0.05, 0) is 31.4 Å². The van der Waals surface area contributed by atoms with Gasteiger partial charge in [0.25, 0.3) is 0 Å². The lowest BCUT2D eigenvalue weighted by Gasteiger charge is -2.19. The van der Waals surface area contributed by atoms with Crippen molar-refractivity contribution in [2.75, 3.05) is 18.4 Å². The van der Waals surface area contributed by atoms with Crippen LogP contribution in [0.25, 0.3) is 0 Å². The van der Waals surface area contributed by atoms with Crippen molar-refractivity contribution in [3.8, 4) is 0 Å². The summed E-state index contributed by atoms with van der Waals surface area (Å²) in [7, 11) is 0. The lowest BCUT2D eigenvalue weighted by Crippen LogP contribution is -2.40. The van der Waals surface area contributed by atoms with Crippen LogP contribution in [-0.4, -0.2) is 29.8 Å². The van der Waals surface area contributed by atoms with Crippen molar-refractivity contribution in [2.45, 2.75) is 32.6 Å². The molecule has 1 N–H and O–H groups in total. The van der Waals surface area contributed by atoms with E-state index in [1.54, 1.807) is 4.90 Å². The highest BCUT2D eigenvalue weighted by Crippen LogP contribution is 2.14. The molecule has 4 heteroatoms. The van der Waals surface area contributed by atoms with Gasteiger partial charge >= 0.3 is 11.8 Å². The second-order valence-electron chi connectivity index (χ2n) is 4.98. The summed E-state index contributed by atoms with van der Waals surface area (Å²) in [5.74, 6) is -0.943. The number of benzene rings is 1. The first-order valence-corrected chi connectivity index (χ1v) is 6.84. The highest BCUT2D eigenvalue weighted by Gasteiger charge is 2.22. The predicted molar refractivity (Wildman–Crippen MR) is 74.9 cm³/mol. The molecule has 1 aliphatic heterocycles. The van der Waals surface area contributed by atoms with E-state index in [2.05, 4.69) is 5.32 Å². The number of rotatable bonds is 1. The number of hydrogen-bond donors (Lipinski definition) is 1. The Balaban J connectivity index is 1.99. The Hall–Kier alpha value is -1.84. The van der Waals surface area contributed by atoms with Crippen molar-refractivity contribution < 1.29 is 9.59 Å². The Morgan fingerprint density at radius 1 is 1.05 bits per heavy atom. The van der Waals surface area contributed by atoms with Gasteiger partial charge in [0.1, 0.15) is 0 Å². The van der Waals surface area contributed by atoms with E-state index in [1.165, 1.54) is 0 Å². The number of likely N-dealkylation sites (tertiary alicyclic amines) is 1. The number of nitrogens with zero attached hydrogens (tertiary/aromatic N) is 1. The van der Waals surface area contributed by atoms with Crippen molar-refractivity contribution in [1.29, 1.82) is 0 Å². The summed E-state index contributed by atoms with van der Waals surface area (Å²) in [5, 5.41) is 2.70. The van der Waals surface area contributed by atoms with Gasteiger partial charge in [-0.15, -0.1) is 0 Å². The van der Waals surface area contributed by atoms with E-state index in [0.29, 0.717) is 18.8 Å². The minimum atomic E-state index is -0.531. The zero-order valence-electron chi connectivity index (χ0n) is 11.3. The molecule has 2 amide bonds. The van der Waals surface area contributed by atoms with Gasteiger partial charge in [-0.3, -0.25) is 9.59 Å². The molecule has 1 aliphatic rings. The summed E-state index contributed by atoms with van der Waals surface area (Å²) in [6, 6.07) is 7.47. The Kier molecular flexibility index (Phi) is 4.55. The van der Waals surface area contributed by atoms with Crippen molar-refractivity contribution >= 4 is 17.5 Å². The van der Waals surface area contributed by atoms with Crippen molar-refractivity contribution in [1.82, 2.24) is 4.90 Å². The molecule has 0 radical (unpaired) electrons. The quantitative estimate of drug-likeness (QED) is 0.788. The maximum Gasteiger partial charge on any atom is 0.313 e. The van der Waals surface area contributed by atoms with Gasteiger partial charge in [-0.25, -0.2) is 0 Å². The maximum absolute atomic E-state index is 12.1. The van der Waals surface area contributed by atoms with E-state index in [-0.39, 0.29) is 0 Å². The van der Waals surface area contributed by atoms with Crippen LogP contribution in [-0.2, 0) is 9.59 Å². The fourth-order valence-electron chi connectivity index (χ4n) is 2.31. The summed E-state index contributed by atoms with van der Waals surface area (Å²) >= 11 is 0. The molecule has 4 nitrogen and oxygen atoms in total. The number of para-hydroxylation sites is 1. The molecule has 1 fully saturated rings. The lowest BCUT2D eigenvalue weighted by molar-refractivity contribution is -0.143. The summed E-state index contributed by atoms with van der Waals surface area (Å²) in [4.78, 5) is 25.7. The maximum atomic E-state index is 12.1. The molecule has 1 saturated heterocycles. The van der Waals surface area contributed by atoms with Gasteiger partial charge in [0.05, 0.1) is 0 Å². The van der Waals surface area contributed by atoms with Crippen LogP contribution < -0.4 is 5.32 Å². The minimum absolute atomic E-state index is 0.412. The Labute approximate surface area is 113 Å². The number of hydrogen-bond acceptors (Lipinski definition) is 2. The molecule has 0 atom stereocenters. The number of aryl methyl sites for hydroxylation is 1. The second kappa shape index (κ2) is 6.36. The van der Waals surface area contributed by atoms with Gasteiger partial charge < -0.3 is 10.2 Å². The van der Waals surface area contributed by atoms with E-state index in [0.717, 1.165) is 31.2 Å². The van der Waals surface area contributed by atoms with Crippen LogP contribution in [0.15, 0.2) is 24.3 Å². The van der Waals surface area contributed by atoms with Crippen LogP contribution in [0.5, 0.6) is 0 Å². The van der Waals surface area contributed by atoms with Crippen molar-refractivity contribution in [3.63, 3.8) is 0 Å². The molecule has 0 aliphatic carbocycles. The number of carbonyl (C=O) groups excluding carboxylic acids is 2. The molecule has 0 saturated carbocycles. The van der Waals surface area contributed by atoms with Crippen LogP contribution in [0.1, 0.15) is 31.2 Å². The Morgan fingerprint density at radius 2 is 1.68 bits per heavy atom. The third kappa shape index (κ3) is 3.56. The molecule has 0 aromatic heterocycles. The first kappa shape index (κ1) is 13.6. The smallest absolute Gasteiger partial charge is 0.313 e. The SMILES string of the molecule is Cc1ccccc1NC(=O)C(=O)N1CCCCCC1. The molecular formula is C15H20N2O2. The third-order valence-electron chi connectivity index (χ3n) is 3.48. The van der Waals surface area contributed by atoms with Gasteiger partial charge in [0.2, 0.25) is 0 Å². The molecule has 2 rings (SSSR count). The minimum Gasteiger partial charge on any atom is -0.334 e. The van der Waals surface area contributed by atoms with Gasteiger partial charge in [-0.2, -0.15) is 0 Å². The van der Waals surface area contributed by atoms with E-state index in [1.807, 2.05) is 31.2 Å². The third-order valence-corrected chi connectivity index (χ3v) is 3.48. The number of nitrogens with one attached hydrogen (secondary N) is 1. The molecule has 0 unspecified atom stereocenters. The monoisotopic (exact) mass is 260 g/mol. The van der Waals surface area contributed by atoms with Crippen LogP contribution in [0.4, 0.5) is 5.69 Å². The molecular weight excluding hydrogens is 240 g/mol. The zero-order chi connectivity index (χ0) is 13.7. The highest BCUT2D eigenvalue weighted by molar-refractivity contribution is 6.39. The summed E-state index contributed by atoms with van der Waals surface area (Å²) in [6.07, 6.45) is 4.26. The van der Waals surface area contributed by atoms with Gasteiger partial charge in [-0.1, -0.05) is 31.0 Å². The second-order valence-corrected chi connectivity index (χ2v) is 4.98. The molecule has 19 heavy (non-hydrogen) atoms. The topological polar surface area (TPSA) is 49.4 Å². The zero-order valence-corrected chi connectivity index (χ0v) is 11.3. The first-order chi connectivity index (χ1) is 9.18. The predicted octanol–water partition coefficient (Wildman–Crippen LogP) is 2.34. The van der Waals surface area contributed by atoms with E-state index in [4.69, 9.17) is 0 Å². The van der Waals surface area contributed by atoms with Crippen LogP contribution in [0, 0.1) is 6.92 Å². The number of anilines is 1. The standard InChI is InChI=1S/C15H20N2O2/c1-12-8-4-5-9-13(12)16-14(18)15(19)17-10-6-2-3-7-11-17/h4-5,8-9H,2-3,6-7,10-11H2,1H3,(H,16,18). The fraction of sp³-hybridized carbons (Fsp3) is 0.467. The van der Waals surface area contributed by atoms with E-state index in [9.17, 15) is 9.59 Å². The number of amides is 2. The van der Waals surface area contributed by atoms with Crippen molar-refractivity contribution in [3.05, 3.63) is 29.8 Å². The average molecular weight is 260 g/mol. The van der Waals surface area contributed by atoms with Crippen molar-refractivity contribution in [2.24, 2.45) is 0 Å². The number of carbonyl (C=O) groups is 2. The average Bonchev–Trinajstić information content (AvgIpc) is 2.69. The summed E-state index contributed by atoms with van der Waals surface area (Å²) < 4.78 is 0. The fourth-order valence-corrected chi connectivity index (χ4v) is 2.31. The molecule has 0 spiro atoms. The molecule has 1 aromatic rings. The Bertz CT molecular complexity index is 463. The highest BCUT2D eigenvalue weighted by atomic mass is 16.2. The van der Waals surface area contributed by atoms with Crippen LogP contribution in [0.2, 0.25) is 0 Å². The molecule has 1 heterocycles. The first-order valence-electron chi connectivity index (χ1n) is 6.84. The largest absolute Gasteiger partial charge is 0.334 e. The Morgan fingerprint density at radius 3 is 2.32 bits per heavy atom. The van der Waals surface area contributed by atoms with E-state index < -0.39 is 11.8 Å².